The Hall–Kier alpha value is -1.42. The zero-order valence-corrected chi connectivity index (χ0v) is 10.9. The van der Waals surface area contributed by atoms with E-state index in [9.17, 15) is 4.79 Å². The van der Waals surface area contributed by atoms with E-state index in [0.29, 0.717) is 6.42 Å². The Balaban J connectivity index is 1.81. The van der Waals surface area contributed by atoms with Crippen molar-refractivity contribution in [1.29, 1.82) is 0 Å². The van der Waals surface area contributed by atoms with Crippen molar-refractivity contribution in [2.75, 3.05) is 26.7 Å². The van der Waals surface area contributed by atoms with E-state index < -0.39 is 0 Å². The number of hydrogen-bond donors (Lipinski definition) is 1. The summed E-state index contributed by atoms with van der Waals surface area (Å²) in [4.78, 5) is 18.1. The second kappa shape index (κ2) is 6.50. The number of nitrogens with zero attached hydrogens (tertiary/aromatic N) is 2. The Morgan fingerprint density at radius 1 is 1.39 bits per heavy atom. The number of hydrogen-bond acceptors (Lipinski definition) is 3. The minimum atomic E-state index is 0.240. The molecule has 0 radical (unpaired) electrons. The van der Waals surface area contributed by atoms with Crippen molar-refractivity contribution in [3.63, 3.8) is 0 Å². The molecule has 0 aliphatic carbocycles. The quantitative estimate of drug-likeness (QED) is 0.866. The summed E-state index contributed by atoms with van der Waals surface area (Å²) in [6.45, 7) is 2.86. The highest BCUT2D eigenvalue weighted by Crippen LogP contribution is 2.17. The van der Waals surface area contributed by atoms with Crippen LogP contribution in [0.5, 0.6) is 0 Å². The van der Waals surface area contributed by atoms with E-state index in [1.165, 1.54) is 0 Å². The summed E-state index contributed by atoms with van der Waals surface area (Å²) in [5.41, 5.74) is 1.05. The van der Waals surface area contributed by atoms with Gasteiger partial charge in [-0.15, -0.1) is 0 Å². The van der Waals surface area contributed by atoms with Gasteiger partial charge in [0.05, 0.1) is 6.42 Å². The molecule has 1 aromatic heterocycles. The first-order valence-corrected chi connectivity index (χ1v) is 6.61. The highest BCUT2D eigenvalue weighted by atomic mass is 16.2. The van der Waals surface area contributed by atoms with E-state index in [4.69, 9.17) is 0 Å². The average molecular weight is 247 g/mol. The highest BCUT2D eigenvalue weighted by molar-refractivity contribution is 5.78. The maximum Gasteiger partial charge on any atom is 0.226 e. The minimum absolute atomic E-state index is 0.240. The van der Waals surface area contributed by atoms with Crippen LogP contribution in [0.4, 0.5) is 0 Å². The molecular weight excluding hydrogens is 226 g/mol. The smallest absolute Gasteiger partial charge is 0.226 e. The molecule has 98 valence electrons. The molecule has 1 N–H and O–H groups in total. The van der Waals surface area contributed by atoms with Crippen LogP contribution >= 0.6 is 0 Å². The van der Waals surface area contributed by atoms with Gasteiger partial charge in [-0.25, -0.2) is 0 Å². The predicted octanol–water partition coefficient (Wildman–Crippen LogP) is 1.08. The van der Waals surface area contributed by atoms with Crippen molar-refractivity contribution in [2.24, 2.45) is 5.92 Å². The first-order valence-electron chi connectivity index (χ1n) is 6.61. The SMILES string of the molecule is CNCC1CCN(C(=O)Cc2ccncc2)CC1. The van der Waals surface area contributed by atoms with Gasteiger partial charge >= 0.3 is 0 Å². The molecule has 0 saturated carbocycles. The number of piperidine rings is 1. The molecule has 18 heavy (non-hydrogen) atoms. The second-order valence-electron chi connectivity index (χ2n) is 4.91. The van der Waals surface area contributed by atoms with Crippen molar-refractivity contribution < 1.29 is 4.79 Å². The van der Waals surface area contributed by atoms with Crippen LogP contribution in [-0.2, 0) is 11.2 Å². The van der Waals surface area contributed by atoms with Crippen molar-refractivity contribution >= 4 is 5.91 Å². The summed E-state index contributed by atoms with van der Waals surface area (Å²) < 4.78 is 0. The van der Waals surface area contributed by atoms with Gasteiger partial charge in [0.2, 0.25) is 5.91 Å². The number of amides is 1. The van der Waals surface area contributed by atoms with Crippen LogP contribution in [0.3, 0.4) is 0 Å². The highest BCUT2D eigenvalue weighted by Gasteiger charge is 2.22. The van der Waals surface area contributed by atoms with Crippen molar-refractivity contribution in [3.8, 4) is 0 Å². The third-order valence-electron chi connectivity index (χ3n) is 3.56. The molecule has 1 saturated heterocycles. The van der Waals surface area contributed by atoms with E-state index in [0.717, 1.165) is 44.0 Å². The largest absolute Gasteiger partial charge is 0.342 e. The van der Waals surface area contributed by atoms with Crippen LogP contribution in [0.2, 0.25) is 0 Å². The minimum Gasteiger partial charge on any atom is -0.342 e. The van der Waals surface area contributed by atoms with E-state index in [-0.39, 0.29) is 5.91 Å². The molecule has 0 unspecified atom stereocenters. The van der Waals surface area contributed by atoms with Gasteiger partial charge in [0, 0.05) is 25.5 Å². The zero-order chi connectivity index (χ0) is 12.8. The number of pyridine rings is 1. The fraction of sp³-hybridized carbons (Fsp3) is 0.571. The number of carbonyl (C=O) groups excluding carboxylic acids is 1. The Morgan fingerprint density at radius 2 is 2.06 bits per heavy atom. The molecule has 1 fully saturated rings. The summed E-state index contributed by atoms with van der Waals surface area (Å²) in [6, 6.07) is 3.82. The van der Waals surface area contributed by atoms with Crippen LogP contribution < -0.4 is 5.32 Å². The van der Waals surface area contributed by atoms with Gasteiger partial charge in [-0.3, -0.25) is 9.78 Å². The van der Waals surface area contributed by atoms with E-state index in [2.05, 4.69) is 10.3 Å². The lowest BCUT2D eigenvalue weighted by Gasteiger charge is -2.32. The monoisotopic (exact) mass is 247 g/mol. The molecule has 2 rings (SSSR count). The normalized spacial score (nSPS) is 16.8. The first-order chi connectivity index (χ1) is 8.79. The Labute approximate surface area is 108 Å². The van der Waals surface area contributed by atoms with Crippen molar-refractivity contribution in [1.82, 2.24) is 15.2 Å². The molecular formula is C14H21N3O. The number of rotatable bonds is 4. The molecule has 2 heterocycles. The molecule has 1 aliphatic heterocycles. The summed E-state index contributed by atoms with van der Waals surface area (Å²) >= 11 is 0. The van der Waals surface area contributed by atoms with Crippen LogP contribution in [0, 0.1) is 5.92 Å². The molecule has 4 nitrogen and oxygen atoms in total. The predicted molar refractivity (Wildman–Crippen MR) is 71.2 cm³/mol. The molecule has 0 atom stereocenters. The van der Waals surface area contributed by atoms with Crippen LogP contribution in [0.25, 0.3) is 0 Å². The van der Waals surface area contributed by atoms with Gasteiger partial charge in [0.15, 0.2) is 0 Å². The van der Waals surface area contributed by atoms with Gasteiger partial charge in [0.25, 0.3) is 0 Å². The Bertz CT molecular complexity index is 372. The molecule has 4 heteroatoms. The average Bonchev–Trinajstić information content (AvgIpc) is 2.41. The Kier molecular flexibility index (Phi) is 4.70. The molecule has 1 aliphatic rings. The topological polar surface area (TPSA) is 45.2 Å². The number of nitrogens with one attached hydrogen (secondary N) is 1. The van der Waals surface area contributed by atoms with Crippen molar-refractivity contribution in [3.05, 3.63) is 30.1 Å². The summed E-state index contributed by atoms with van der Waals surface area (Å²) in [6.07, 6.45) is 6.20. The second-order valence-corrected chi connectivity index (χ2v) is 4.91. The van der Waals surface area contributed by atoms with Crippen molar-refractivity contribution in [2.45, 2.75) is 19.3 Å². The molecule has 0 bridgehead atoms. The lowest BCUT2D eigenvalue weighted by molar-refractivity contribution is -0.131. The van der Waals surface area contributed by atoms with Gasteiger partial charge in [-0.05, 0) is 50.0 Å². The first kappa shape index (κ1) is 13.0. The lowest BCUT2D eigenvalue weighted by atomic mass is 9.96. The lowest BCUT2D eigenvalue weighted by Crippen LogP contribution is -2.41. The van der Waals surface area contributed by atoms with Gasteiger partial charge in [-0.1, -0.05) is 0 Å². The molecule has 1 amide bonds. The standard InChI is InChI=1S/C14H21N3O/c1-15-11-13-4-8-17(9-5-13)14(18)10-12-2-6-16-7-3-12/h2-3,6-7,13,15H,4-5,8-11H2,1H3. The molecule has 1 aromatic rings. The summed E-state index contributed by atoms with van der Waals surface area (Å²) in [5.74, 6) is 0.962. The molecule has 0 aromatic carbocycles. The maximum atomic E-state index is 12.1. The maximum absolute atomic E-state index is 12.1. The van der Waals surface area contributed by atoms with Gasteiger partial charge < -0.3 is 10.2 Å². The van der Waals surface area contributed by atoms with E-state index >= 15 is 0 Å². The summed E-state index contributed by atoms with van der Waals surface area (Å²) in [7, 11) is 1.99. The van der Waals surface area contributed by atoms with Crippen LogP contribution in [0.1, 0.15) is 18.4 Å². The third-order valence-corrected chi connectivity index (χ3v) is 3.56. The summed E-state index contributed by atoms with van der Waals surface area (Å²) in [5, 5.41) is 3.21. The fourth-order valence-corrected chi connectivity index (χ4v) is 2.46. The van der Waals surface area contributed by atoms with Gasteiger partial charge in [0.1, 0.15) is 0 Å². The fourth-order valence-electron chi connectivity index (χ4n) is 2.46. The van der Waals surface area contributed by atoms with E-state index in [1.54, 1.807) is 12.4 Å². The van der Waals surface area contributed by atoms with E-state index in [1.807, 2.05) is 24.1 Å². The third kappa shape index (κ3) is 3.53. The number of likely N-dealkylation sites (tertiary alicyclic amines) is 1. The van der Waals surface area contributed by atoms with Crippen LogP contribution in [0.15, 0.2) is 24.5 Å². The number of carbonyl (C=O) groups is 1. The number of aromatic nitrogens is 1. The Morgan fingerprint density at radius 3 is 2.67 bits per heavy atom. The van der Waals surface area contributed by atoms with Gasteiger partial charge in [-0.2, -0.15) is 0 Å². The molecule has 0 spiro atoms. The zero-order valence-electron chi connectivity index (χ0n) is 10.9. The van der Waals surface area contributed by atoms with Crippen LogP contribution in [-0.4, -0.2) is 42.5 Å².